The first kappa shape index (κ1) is 16.9. The predicted octanol–water partition coefficient (Wildman–Crippen LogP) is 4.21. The number of pyridine rings is 1. The van der Waals surface area contributed by atoms with Gasteiger partial charge in [-0.2, -0.15) is 0 Å². The molecule has 2 aliphatic carbocycles. The molecule has 5 rings (SSSR count). The number of amides is 1. The molecule has 4 heteroatoms. The number of carbonyl (C=O) groups is 1. The van der Waals surface area contributed by atoms with E-state index in [2.05, 4.69) is 31.0 Å². The van der Waals surface area contributed by atoms with Crippen LogP contribution in [0.5, 0.6) is 0 Å². The average molecular weight is 362 g/mol. The minimum absolute atomic E-state index is 0.0819. The molecule has 27 heavy (non-hydrogen) atoms. The van der Waals surface area contributed by atoms with E-state index in [4.69, 9.17) is 4.74 Å². The van der Waals surface area contributed by atoms with Crippen LogP contribution >= 0.6 is 0 Å². The van der Waals surface area contributed by atoms with E-state index in [-0.39, 0.29) is 16.7 Å². The molecule has 4 bridgehead atoms. The molecule has 0 N–H and O–H groups in total. The molecule has 2 aromatic rings. The lowest BCUT2D eigenvalue weighted by Crippen LogP contribution is -2.56. The Balaban J connectivity index is 1.56. The van der Waals surface area contributed by atoms with E-state index in [0.717, 1.165) is 18.4 Å². The summed E-state index contributed by atoms with van der Waals surface area (Å²) in [5.41, 5.74) is 0.412. The van der Waals surface area contributed by atoms with Gasteiger partial charge >= 0.3 is 0 Å². The van der Waals surface area contributed by atoms with Gasteiger partial charge in [-0.1, -0.05) is 50.2 Å². The minimum atomic E-state index is -0.711. The van der Waals surface area contributed by atoms with E-state index in [1.165, 1.54) is 6.42 Å². The molecule has 4 nitrogen and oxygen atoms in total. The van der Waals surface area contributed by atoms with Gasteiger partial charge in [0.15, 0.2) is 5.60 Å². The minimum Gasteiger partial charge on any atom is -0.364 e. The van der Waals surface area contributed by atoms with Crippen LogP contribution in [0.15, 0.2) is 54.7 Å². The van der Waals surface area contributed by atoms with Gasteiger partial charge in [-0.15, -0.1) is 0 Å². The van der Waals surface area contributed by atoms with Crippen molar-refractivity contribution in [3.63, 3.8) is 0 Å². The van der Waals surface area contributed by atoms with Crippen molar-refractivity contribution in [2.45, 2.75) is 45.3 Å². The first-order chi connectivity index (χ1) is 13.0. The molecular formula is C23H26N2O2. The van der Waals surface area contributed by atoms with Crippen LogP contribution in [0, 0.1) is 16.7 Å². The van der Waals surface area contributed by atoms with Crippen molar-refractivity contribution in [1.82, 2.24) is 4.98 Å². The van der Waals surface area contributed by atoms with Crippen molar-refractivity contribution in [3.8, 4) is 0 Å². The van der Waals surface area contributed by atoms with Gasteiger partial charge in [-0.05, 0) is 42.9 Å². The standard InChI is InChI=1S/C23H26N2O2/c1-21-16-27-23(14-18(21)11-12-22(21,23)2)20(26)25(19-10-6-7-13-24-19)15-17-8-4-3-5-9-17/h3-10,13,18H,11-12,14-16H2,1-2H3. The van der Waals surface area contributed by atoms with Gasteiger partial charge in [0.25, 0.3) is 5.91 Å². The summed E-state index contributed by atoms with van der Waals surface area (Å²) in [6.07, 6.45) is 4.88. The quantitative estimate of drug-likeness (QED) is 0.818. The molecule has 1 aromatic heterocycles. The van der Waals surface area contributed by atoms with E-state index < -0.39 is 5.60 Å². The van der Waals surface area contributed by atoms with Crippen LogP contribution in [0.3, 0.4) is 0 Å². The molecule has 4 unspecified atom stereocenters. The van der Waals surface area contributed by atoms with Crippen molar-refractivity contribution >= 4 is 11.7 Å². The second-order valence-electron chi connectivity index (χ2n) is 8.87. The number of aromatic nitrogens is 1. The summed E-state index contributed by atoms with van der Waals surface area (Å²) < 4.78 is 6.36. The number of carbonyl (C=O) groups excluding carboxylic acids is 1. The highest BCUT2D eigenvalue weighted by atomic mass is 16.5. The smallest absolute Gasteiger partial charge is 0.261 e. The second-order valence-corrected chi connectivity index (χ2v) is 8.87. The summed E-state index contributed by atoms with van der Waals surface area (Å²) in [5.74, 6) is 1.37. The third-order valence-electron chi connectivity index (χ3n) is 7.90. The van der Waals surface area contributed by atoms with E-state index in [9.17, 15) is 4.79 Å². The fraction of sp³-hybridized carbons (Fsp3) is 0.478. The van der Waals surface area contributed by atoms with Crippen molar-refractivity contribution in [2.75, 3.05) is 11.5 Å². The molecule has 4 atom stereocenters. The Morgan fingerprint density at radius 2 is 1.96 bits per heavy atom. The first-order valence-corrected chi connectivity index (χ1v) is 9.91. The van der Waals surface area contributed by atoms with Crippen LogP contribution in [-0.4, -0.2) is 23.1 Å². The highest BCUT2D eigenvalue weighted by Gasteiger charge is 2.79. The maximum Gasteiger partial charge on any atom is 0.261 e. The van der Waals surface area contributed by atoms with Gasteiger partial charge in [-0.25, -0.2) is 4.98 Å². The lowest BCUT2D eigenvalue weighted by molar-refractivity contribution is -0.152. The lowest BCUT2D eigenvalue weighted by atomic mass is 9.66. The fourth-order valence-corrected chi connectivity index (χ4v) is 5.99. The molecular weight excluding hydrogens is 336 g/mol. The monoisotopic (exact) mass is 362 g/mol. The van der Waals surface area contributed by atoms with Crippen LogP contribution in [0.25, 0.3) is 0 Å². The van der Waals surface area contributed by atoms with Crippen LogP contribution < -0.4 is 4.90 Å². The number of anilines is 1. The van der Waals surface area contributed by atoms with E-state index in [1.807, 2.05) is 41.3 Å². The largest absolute Gasteiger partial charge is 0.364 e. The highest BCUT2D eigenvalue weighted by molar-refractivity contribution is 6.00. The number of rotatable bonds is 4. The fourth-order valence-electron chi connectivity index (χ4n) is 5.99. The molecule has 1 aliphatic heterocycles. The van der Waals surface area contributed by atoms with Crippen molar-refractivity contribution in [1.29, 1.82) is 0 Å². The zero-order valence-corrected chi connectivity index (χ0v) is 16.0. The van der Waals surface area contributed by atoms with Gasteiger partial charge < -0.3 is 4.74 Å². The highest BCUT2D eigenvalue weighted by Crippen LogP contribution is 2.75. The van der Waals surface area contributed by atoms with Gasteiger partial charge in [-0.3, -0.25) is 9.69 Å². The Morgan fingerprint density at radius 1 is 1.19 bits per heavy atom. The van der Waals surface area contributed by atoms with E-state index in [0.29, 0.717) is 24.9 Å². The van der Waals surface area contributed by atoms with Crippen molar-refractivity contribution in [3.05, 3.63) is 60.3 Å². The summed E-state index contributed by atoms with van der Waals surface area (Å²) >= 11 is 0. The van der Waals surface area contributed by atoms with Crippen LogP contribution in [0.4, 0.5) is 5.82 Å². The lowest BCUT2D eigenvalue weighted by Gasteiger charge is -2.42. The van der Waals surface area contributed by atoms with E-state index in [1.54, 1.807) is 6.20 Å². The van der Waals surface area contributed by atoms with Crippen LogP contribution in [0.1, 0.15) is 38.7 Å². The van der Waals surface area contributed by atoms with E-state index >= 15 is 0 Å². The summed E-state index contributed by atoms with van der Waals surface area (Å²) in [7, 11) is 0. The molecule has 140 valence electrons. The van der Waals surface area contributed by atoms with Gasteiger partial charge in [0.1, 0.15) is 5.82 Å². The molecule has 1 aromatic carbocycles. The number of hydrogen-bond acceptors (Lipinski definition) is 3. The van der Waals surface area contributed by atoms with Crippen molar-refractivity contribution in [2.24, 2.45) is 16.7 Å². The molecule has 3 fully saturated rings. The Labute approximate surface area is 160 Å². The molecule has 1 amide bonds. The number of hydrogen-bond donors (Lipinski definition) is 0. The number of ether oxygens (including phenoxy) is 1. The van der Waals surface area contributed by atoms with Crippen LogP contribution in [-0.2, 0) is 16.1 Å². The molecule has 0 radical (unpaired) electrons. The average Bonchev–Trinajstić information content (AvgIpc) is 3.18. The maximum absolute atomic E-state index is 14.0. The second kappa shape index (κ2) is 5.65. The predicted molar refractivity (Wildman–Crippen MR) is 104 cm³/mol. The number of benzene rings is 1. The molecule has 2 heterocycles. The van der Waals surface area contributed by atoms with Gasteiger partial charge in [0.2, 0.25) is 0 Å². The zero-order chi connectivity index (χ0) is 18.7. The molecule has 2 saturated carbocycles. The summed E-state index contributed by atoms with van der Waals surface area (Å²) in [5, 5.41) is 0. The summed E-state index contributed by atoms with van der Waals surface area (Å²) in [6.45, 7) is 5.82. The summed E-state index contributed by atoms with van der Waals surface area (Å²) in [6, 6.07) is 15.9. The summed E-state index contributed by atoms with van der Waals surface area (Å²) in [4.78, 5) is 20.4. The normalized spacial score (nSPS) is 36.1. The SMILES string of the molecule is CC12COC3(C(=O)N(Cc4ccccc4)c4ccccn4)CC1CCC32C. The third kappa shape index (κ3) is 2.08. The molecule has 1 saturated heterocycles. The van der Waals surface area contributed by atoms with Gasteiger partial charge in [0, 0.05) is 17.0 Å². The zero-order valence-electron chi connectivity index (χ0n) is 16.0. The van der Waals surface area contributed by atoms with Crippen LogP contribution in [0.2, 0.25) is 0 Å². The maximum atomic E-state index is 14.0. The topological polar surface area (TPSA) is 42.4 Å². The molecule has 0 spiro atoms. The Morgan fingerprint density at radius 3 is 2.63 bits per heavy atom. The molecule has 3 aliphatic rings. The third-order valence-corrected chi connectivity index (χ3v) is 7.90. The Kier molecular flexibility index (Phi) is 3.54. The number of nitrogens with zero attached hydrogens (tertiary/aromatic N) is 2. The Hall–Kier alpha value is -2.20. The van der Waals surface area contributed by atoms with Gasteiger partial charge in [0.05, 0.1) is 13.2 Å². The Bertz CT molecular complexity index is 870. The van der Waals surface area contributed by atoms with Crippen molar-refractivity contribution < 1.29 is 9.53 Å². The first-order valence-electron chi connectivity index (χ1n) is 9.91.